The van der Waals surface area contributed by atoms with E-state index in [1.54, 1.807) is 45.7 Å². The van der Waals surface area contributed by atoms with Gasteiger partial charge in [-0.15, -0.1) is 0 Å². The van der Waals surface area contributed by atoms with Crippen LogP contribution in [-0.4, -0.2) is 37.2 Å². The Kier molecular flexibility index (Phi) is 4.74. The van der Waals surface area contributed by atoms with E-state index in [4.69, 9.17) is 14.2 Å². The highest BCUT2D eigenvalue weighted by atomic mass is 16.5. The molecule has 3 aromatic rings. The fourth-order valence-corrected chi connectivity index (χ4v) is 2.50. The Morgan fingerprint density at radius 2 is 1.96 bits per heavy atom. The van der Waals surface area contributed by atoms with Gasteiger partial charge in [0.25, 0.3) is 5.91 Å². The number of rotatable bonds is 6. The zero-order chi connectivity index (χ0) is 17.8. The molecular formula is C18H19N3O4. The number of nitrogens with zero attached hydrogens (tertiary/aromatic N) is 1. The van der Waals surface area contributed by atoms with Gasteiger partial charge in [-0.1, -0.05) is 6.07 Å². The second-order valence-corrected chi connectivity index (χ2v) is 5.37. The molecule has 25 heavy (non-hydrogen) atoms. The van der Waals surface area contributed by atoms with Gasteiger partial charge in [-0.25, -0.2) is 4.98 Å². The molecule has 0 saturated carbocycles. The second kappa shape index (κ2) is 7.12. The Balaban J connectivity index is 1.77. The van der Waals surface area contributed by atoms with Crippen molar-refractivity contribution in [2.75, 3.05) is 21.3 Å². The number of amides is 1. The summed E-state index contributed by atoms with van der Waals surface area (Å²) in [6.07, 6.45) is 1.66. The van der Waals surface area contributed by atoms with Crippen molar-refractivity contribution in [3.8, 4) is 17.4 Å². The first-order valence-electron chi connectivity index (χ1n) is 7.66. The summed E-state index contributed by atoms with van der Waals surface area (Å²) in [4.78, 5) is 19.6. The van der Waals surface area contributed by atoms with Crippen molar-refractivity contribution in [1.29, 1.82) is 0 Å². The molecule has 0 aliphatic carbocycles. The maximum absolute atomic E-state index is 12.4. The van der Waals surface area contributed by atoms with E-state index in [1.165, 1.54) is 0 Å². The molecule has 7 nitrogen and oxygen atoms in total. The summed E-state index contributed by atoms with van der Waals surface area (Å²) in [5.41, 5.74) is 2.08. The van der Waals surface area contributed by atoms with E-state index >= 15 is 0 Å². The summed E-state index contributed by atoms with van der Waals surface area (Å²) >= 11 is 0. The molecular weight excluding hydrogens is 322 g/mol. The van der Waals surface area contributed by atoms with Crippen LogP contribution in [0.25, 0.3) is 10.9 Å². The predicted octanol–water partition coefficient (Wildman–Crippen LogP) is 2.52. The highest BCUT2D eigenvalue weighted by Crippen LogP contribution is 2.31. The van der Waals surface area contributed by atoms with E-state index in [1.807, 2.05) is 12.1 Å². The maximum Gasteiger partial charge on any atom is 0.267 e. The first-order valence-corrected chi connectivity index (χ1v) is 7.66. The molecule has 0 fully saturated rings. The number of hydrogen-bond donors (Lipinski definition) is 2. The largest absolute Gasteiger partial charge is 0.497 e. The zero-order valence-corrected chi connectivity index (χ0v) is 14.3. The molecule has 3 rings (SSSR count). The van der Waals surface area contributed by atoms with Crippen LogP contribution in [0.4, 0.5) is 0 Å². The number of benzene rings is 1. The number of hydrogen-bond acceptors (Lipinski definition) is 5. The zero-order valence-electron chi connectivity index (χ0n) is 14.3. The molecule has 0 aliphatic heterocycles. The lowest BCUT2D eigenvalue weighted by Crippen LogP contribution is -2.23. The average Bonchev–Trinajstić information content (AvgIpc) is 3.09. The third-order valence-electron chi connectivity index (χ3n) is 3.83. The van der Waals surface area contributed by atoms with Gasteiger partial charge in [0.05, 0.1) is 26.8 Å². The molecule has 0 spiro atoms. The summed E-state index contributed by atoms with van der Waals surface area (Å²) in [7, 11) is 4.72. The van der Waals surface area contributed by atoms with E-state index in [2.05, 4.69) is 15.3 Å². The predicted molar refractivity (Wildman–Crippen MR) is 93.4 cm³/mol. The van der Waals surface area contributed by atoms with Crippen LogP contribution in [0, 0.1) is 0 Å². The molecule has 0 unspecified atom stereocenters. The Labute approximate surface area is 144 Å². The SMILES string of the molecule is COc1cc(OC)c2[nH]c(C(=O)NCc3ccc(OC)nc3)cc2c1. The normalized spacial score (nSPS) is 10.5. The van der Waals surface area contributed by atoms with E-state index in [9.17, 15) is 4.79 Å². The van der Waals surface area contributed by atoms with Crippen LogP contribution in [0.1, 0.15) is 16.1 Å². The minimum Gasteiger partial charge on any atom is -0.497 e. The molecule has 130 valence electrons. The molecule has 7 heteroatoms. The number of nitrogens with one attached hydrogen (secondary N) is 2. The molecule has 0 radical (unpaired) electrons. The van der Waals surface area contributed by atoms with Crippen LogP contribution in [0.3, 0.4) is 0 Å². The van der Waals surface area contributed by atoms with Crippen LogP contribution in [0.15, 0.2) is 36.5 Å². The second-order valence-electron chi connectivity index (χ2n) is 5.37. The van der Waals surface area contributed by atoms with Gasteiger partial charge in [0.1, 0.15) is 17.2 Å². The number of methoxy groups -OCH3 is 3. The molecule has 0 bridgehead atoms. The van der Waals surface area contributed by atoms with Crippen molar-refractivity contribution < 1.29 is 19.0 Å². The van der Waals surface area contributed by atoms with E-state index in [-0.39, 0.29) is 5.91 Å². The molecule has 0 atom stereocenters. The van der Waals surface area contributed by atoms with E-state index in [0.717, 1.165) is 16.5 Å². The molecule has 2 N–H and O–H groups in total. The first-order chi connectivity index (χ1) is 12.1. The number of carbonyl (C=O) groups excluding carboxylic acids is 1. The molecule has 0 aliphatic rings. The fraction of sp³-hybridized carbons (Fsp3) is 0.222. The third kappa shape index (κ3) is 3.50. The van der Waals surface area contributed by atoms with Gasteiger partial charge in [0, 0.05) is 30.3 Å². The lowest BCUT2D eigenvalue weighted by atomic mass is 10.2. The fourth-order valence-electron chi connectivity index (χ4n) is 2.50. The number of aromatic nitrogens is 2. The van der Waals surface area contributed by atoms with Crippen LogP contribution < -0.4 is 19.5 Å². The van der Waals surface area contributed by atoms with Crippen LogP contribution in [-0.2, 0) is 6.54 Å². The third-order valence-corrected chi connectivity index (χ3v) is 3.83. The minimum atomic E-state index is -0.215. The monoisotopic (exact) mass is 341 g/mol. The van der Waals surface area contributed by atoms with E-state index < -0.39 is 0 Å². The van der Waals surface area contributed by atoms with Gasteiger partial charge < -0.3 is 24.5 Å². The number of pyridine rings is 1. The van der Waals surface area contributed by atoms with Gasteiger partial charge in [0.15, 0.2) is 0 Å². The van der Waals surface area contributed by atoms with Crippen molar-refractivity contribution >= 4 is 16.8 Å². The Morgan fingerprint density at radius 1 is 1.12 bits per heavy atom. The molecule has 0 saturated heterocycles. The van der Waals surface area contributed by atoms with Crippen LogP contribution in [0.2, 0.25) is 0 Å². The first kappa shape index (κ1) is 16.6. The van der Waals surface area contributed by atoms with Gasteiger partial charge >= 0.3 is 0 Å². The van der Waals surface area contributed by atoms with Crippen molar-refractivity contribution in [2.24, 2.45) is 0 Å². The molecule has 1 amide bonds. The van der Waals surface area contributed by atoms with Gasteiger partial charge in [0.2, 0.25) is 5.88 Å². The van der Waals surface area contributed by atoms with E-state index in [0.29, 0.717) is 29.6 Å². The number of ether oxygens (including phenoxy) is 3. The summed E-state index contributed by atoms with van der Waals surface area (Å²) in [5, 5.41) is 3.70. The van der Waals surface area contributed by atoms with Crippen molar-refractivity contribution in [1.82, 2.24) is 15.3 Å². The Morgan fingerprint density at radius 3 is 2.60 bits per heavy atom. The minimum absolute atomic E-state index is 0.215. The number of fused-ring (bicyclic) bond motifs is 1. The summed E-state index contributed by atoms with van der Waals surface area (Å²) in [6.45, 7) is 0.367. The quantitative estimate of drug-likeness (QED) is 0.719. The average molecular weight is 341 g/mol. The highest BCUT2D eigenvalue weighted by Gasteiger charge is 2.13. The summed E-state index contributed by atoms with van der Waals surface area (Å²) in [6, 6.07) is 8.98. The number of aromatic amines is 1. The molecule has 2 aromatic heterocycles. The number of carbonyl (C=O) groups is 1. The van der Waals surface area contributed by atoms with Crippen molar-refractivity contribution in [3.63, 3.8) is 0 Å². The van der Waals surface area contributed by atoms with Gasteiger partial charge in [-0.3, -0.25) is 4.79 Å². The van der Waals surface area contributed by atoms with Gasteiger partial charge in [-0.05, 0) is 17.7 Å². The Bertz CT molecular complexity index is 887. The molecule has 1 aromatic carbocycles. The highest BCUT2D eigenvalue weighted by molar-refractivity contribution is 5.99. The van der Waals surface area contributed by atoms with Crippen LogP contribution >= 0.6 is 0 Å². The standard InChI is InChI=1S/C18H19N3O4/c1-23-13-6-12-7-14(21-17(12)15(8-13)24-2)18(22)20-10-11-4-5-16(25-3)19-9-11/h4-9,21H,10H2,1-3H3,(H,20,22). The summed E-state index contributed by atoms with van der Waals surface area (Å²) in [5.74, 6) is 1.60. The topological polar surface area (TPSA) is 85.5 Å². The number of H-pyrrole nitrogens is 1. The molecule has 2 heterocycles. The lowest BCUT2D eigenvalue weighted by molar-refractivity contribution is 0.0946. The van der Waals surface area contributed by atoms with Gasteiger partial charge in [-0.2, -0.15) is 0 Å². The van der Waals surface area contributed by atoms with Crippen LogP contribution in [0.5, 0.6) is 17.4 Å². The van der Waals surface area contributed by atoms with Crippen molar-refractivity contribution in [2.45, 2.75) is 6.54 Å². The smallest absolute Gasteiger partial charge is 0.267 e. The lowest BCUT2D eigenvalue weighted by Gasteiger charge is -2.05. The van der Waals surface area contributed by atoms with Crippen molar-refractivity contribution in [3.05, 3.63) is 47.8 Å². The maximum atomic E-state index is 12.4. The summed E-state index contributed by atoms with van der Waals surface area (Å²) < 4.78 is 15.6. The Hall–Kier alpha value is -3.22.